The van der Waals surface area contributed by atoms with Crippen molar-refractivity contribution in [1.82, 2.24) is 9.97 Å². The van der Waals surface area contributed by atoms with E-state index in [-0.39, 0.29) is 11.9 Å². The third-order valence-corrected chi connectivity index (χ3v) is 1.88. The number of nitrogens with two attached hydrogens (primary N) is 2. The fraction of sp³-hybridized carbons (Fsp3) is 0.444. The molecule has 0 saturated heterocycles. The van der Waals surface area contributed by atoms with Crippen molar-refractivity contribution in [2.24, 2.45) is 5.73 Å². The molecule has 1 aromatic heterocycles. The molecular formula is C9H15N5O. The molecule has 1 rings (SSSR count). The summed E-state index contributed by atoms with van der Waals surface area (Å²) in [5.41, 5.74) is 11.4. The van der Waals surface area contributed by atoms with Crippen LogP contribution < -0.4 is 16.8 Å². The number of aromatic nitrogens is 2. The molecule has 0 aliphatic carbocycles. The zero-order valence-electron chi connectivity index (χ0n) is 8.66. The van der Waals surface area contributed by atoms with Crippen molar-refractivity contribution < 1.29 is 4.79 Å². The van der Waals surface area contributed by atoms with Crippen molar-refractivity contribution in [3.63, 3.8) is 0 Å². The average molecular weight is 209 g/mol. The Hall–Kier alpha value is -1.85. The van der Waals surface area contributed by atoms with Gasteiger partial charge in [-0.2, -0.15) is 4.98 Å². The summed E-state index contributed by atoms with van der Waals surface area (Å²) >= 11 is 0. The van der Waals surface area contributed by atoms with Crippen LogP contribution >= 0.6 is 0 Å². The lowest BCUT2D eigenvalue weighted by molar-refractivity contribution is -0.118. The van der Waals surface area contributed by atoms with Crippen molar-refractivity contribution in [1.29, 1.82) is 0 Å². The minimum atomic E-state index is -0.296. The molecule has 6 nitrogen and oxygen atoms in total. The Balaban J connectivity index is 2.43. The zero-order valence-corrected chi connectivity index (χ0v) is 8.66. The number of anilines is 2. The van der Waals surface area contributed by atoms with Gasteiger partial charge in [-0.1, -0.05) is 0 Å². The van der Waals surface area contributed by atoms with E-state index in [1.54, 1.807) is 6.20 Å². The number of nitrogens with one attached hydrogen (secondary N) is 1. The maximum absolute atomic E-state index is 10.5. The highest BCUT2D eigenvalue weighted by Crippen LogP contribution is 2.10. The van der Waals surface area contributed by atoms with Crippen LogP contribution in [0, 0.1) is 6.92 Å². The van der Waals surface area contributed by atoms with Gasteiger partial charge in [-0.25, -0.2) is 4.98 Å². The number of hydrogen-bond acceptors (Lipinski definition) is 5. The van der Waals surface area contributed by atoms with Gasteiger partial charge in [-0.3, -0.25) is 4.79 Å². The summed E-state index contributed by atoms with van der Waals surface area (Å²) < 4.78 is 0. The SMILES string of the molecule is Cc1cnc(N)nc1NCCCC(N)=O. The lowest BCUT2D eigenvalue weighted by Gasteiger charge is -2.07. The maximum Gasteiger partial charge on any atom is 0.221 e. The Morgan fingerprint density at radius 3 is 3.00 bits per heavy atom. The van der Waals surface area contributed by atoms with Gasteiger partial charge in [0.25, 0.3) is 0 Å². The molecule has 0 unspecified atom stereocenters. The van der Waals surface area contributed by atoms with Crippen LogP contribution in [0.25, 0.3) is 0 Å². The van der Waals surface area contributed by atoms with Gasteiger partial charge in [0.15, 0.2) is 0 Å². The first-order chi connectivity index (χ1) is 7.09. The molecule has 6 heteroatoms. The summed E-state index contributed by atoms with van der Waals surface area (Å²) in [6.07, 6.45) is 2.70. The summed E-state index contributed by atoms with van der Waals surface area (Å²) in [7, 11) is 0. The van der Waals surface area contributed by atoms with Crippen LogP contribution in [0.5, 0.6) is 0 Å². The number of rotatable bonds is 5. The number of hydrogen-bond donors (Lipinski definition) is 3. The standard InChI is InChI=1S/C9H15N5O/c1-6-5-13-9(11)14-8(6)12-4-2-3-7(10)15/h5H,2-4H2,1H3,(H2,10,15)(H3,11,12,13,14). The van der Waals surface area contributed by atoms with Gasteiger partial charge in [-0.15, -0.1) is 0 Å². The molecule has 0 spiro atoms. The third-order valence-electron chi connectivity index (χ3n) is 1.88. The molecule has 0 atom stereocenters. The summed E-state index contributed by atoms with van der Waals surface area (Å²) in [6, 6.07) is 0. The van der Waals surface area contributed by atoms with E-state index in [1.165, 1.54) is 0 Å². The Morgan fingerprint density at radius 1 is 1.60 bits per heavy atom. The maximum atomic E-state index is 10.5. The Morgan fingerprint density at radius 2 is 2.33 bits per heavy atom. The molecule has 0 radical (unpaired) electrons. The van der Waals surface area contributed by atoms with Gasteiger partial charge in [-0.05, 0) is 13.3 Å². The number of primary amides is 1. The Bertz CT molecular complexity index is 352. The van der Waals surface area contributed by atoms with Gasteiger partial charge in [0.1, 0.15) is 5.82 Å². The first kappa shape index (κ1) is 11.2. The van der Waals surface area contributed by atoms with E-state index in [0.717, 1.165) is 5.56 Å². The summed E-state index contributed by atoms with van der Waals surface area (Å²) in [5.74, 6) is 0.640. The molecule has 0 bridgehead atoms. The fourth-order valence-electron chi connectivity index (χ4n) is 1.10. The predicted octanol–water partition coefficient (Wildman–Crippen LogP) is 0.0446. The number of nitrogens with zero attached hydrogens (tertiary/aromatic N) is 2. The van der Waals surface area contributed by atoms with E-state index in [4.69, 9.17) is 11.5 Å². The largest absolute Gasteiger partial charge is 0.370 e. The molecule has 15 heavy (non-hydrogen) atoms. The predicted molar refractivity (Wildman–Crippen MR) is 58.1 cm³/mol. The molecule has 82 valence electrons. The van der Waals surface area contributed by atoms with E-state index < -0.39 is 0 Å². The average Bonchev–Trinajstić information content (AvgIpc) is 2.17. The van der Waals surface area contributed by atoms with E-state index in [2.05, 4.69) is 15.3 Å². The number of carbonyl (C=O) groups excluding carboxylic acids is 1. The number of aryl methyl sites for hydroxylation is 1. The normalized spacial score (nSPS) is 9.93. The van der Waals surface area contributed by atoms with Crippen molar-refractivity contribution in [3.05, 3.63) is 11.8 Å². The number of nitrogen functional groups attached to an aromatic ring is 1. The molecule has 0 aliphatic rings. The lowest BCUT2D eigenvalue weighted by atomic mass is 10.3. The van der Waals surface area contributed by atoms with E-state index in [1.807, 2.05) is 6.92 Å². The molecule has 0 aromatic carbocycles. The molecule has 0 aliphatic heterocycles. The second-order valence-electron chi connectivity index (χ2n) is 3.26. The van der Waals surface area contributed by atoms with Crippen LogP contribution in [0.2, 0.25) is 0 Å². The number of carbonyl (C=O) groups is 1. The third kappa shape index (κ3) is 3.80. The second-order valence-corrected chi connectivity index (χ2v) is 3.26. The van der Waals surface area contributed by atoms with Gasteiger partial charge >= 0.3 is 0 Å². The van der Waals surface area contributed by atoms with E-state index in [0.29, 0.717) is 25.2 Å². The smallest absolute Gasteiger partial charge is 0.221 e. The highest BCUT2D eigenvalue weighted by Gasteiger charge is 2.01. The summed E-state index contributed by atoms with van der Waals surface area (Å²) in [5, 5.41) is 3.07. The van der Waals surface area contributed by atoms with E-state index in [9.17, 15) is 4.79 Å². The molecule has 0 fully saturated rings. The molecule has 1 aromatic rings. The lowest BCUT2D eigenvalue weighted by Crippen LogP contribution is -2.13. The van der Waals surface area contributed by atoms with Crippen molar-refractivity contribution >= 4 is 17.7 Å². The summed E-state index contributed by atoms with van der Waals surface area (Å²) in [6.45, 7) is 2.52. The van der Waals surface area contributed by atoms with Gasteiger partial charge < -0.3 is 16.8 Å². The van der Waals surface area contributed by atoms with Crippen LogP contribution in [-0.4, -0.2) is 22.4 Å². The van der Waals surface area contributed by atoms with Gasteiger partial charge in [0.2, 0.25) is 11.9 Å². The van der Waals surface area contributed by atoms with Crippen molar-refractivity contribution in [3.8, 4) is 0 Å². The second kappa shape index (κ2) is 5.14. The molecular weight excluding hydrogens is 194 g/mol. The van der Waals surface area contributed by atoms with Crippen LogP contribution in [0.3, 0.4) is 0 Å². The monoisotopic (exact) mass is 209 g/mol. The molecule has 1 heterocycles. The van der Waals surface area contributed by atoms with Crippen LogP contribution in [-0.2, 0) is 4.79 Å². The zero-order chi connectivity index (χ0) is 11.3. The van der Waals surface area contributed by atoms with Crippen LogP contribution in [0.4, 0.5) is 11.8 Å². The first-order valence-electron chi connectivity index (χ1n) is 4.71. The highest BCUT2D eigenvalue weighted by atomic mass is 16.1. The van der Waals surface area contributed by atoms with Crippen molar-refractivity contribution in [2.75, 3.05) is 17.6 Å². The van der Waals surface area contributed by atoms with Crippen LogP contribution in [0.15, 0.2) is 6.20 Å². The topological polar surface area (TPSA) is 107 Å². The fourth-order valence-corrected chi connectivity index (χ4v) is 1.10. The van der Waals surface area contributed by atoms with Gasteiger partial charge in [0, 0.05) is 24.7 Å². The quantitative estimate of drug-likeness (QED) is 0.594. The molecule has 1 amide bonds. The minimum Gasteiger partial charge on any atom is -0.370 e. The first-order valence-corrected chi connectivity index (χ1v) is 4.71. The Kier molecular flexibility index (Phi) is 3.84. The van der Waals surface area contributed by atoms with Crippen LogP contribution in [0.1, 0.15) is 18.4 Å². The summed E-state index contributed by atoms with van der Waals surface area (Å²) in [4.78, 5) is 18.4. The van der Waals surface area contributed by atoms with Gasteiger partial charge in [0.05, 0.1) is 0 Å². The van der Waals surface area contributed by atoms with E-state index >= 15 is 0 Å². The Labute approximate surface area is 88.1 Å². The highest BCUT2D eigenvalue weighted by molar-refractivity contribution is 5.73. The minimum absolute atomic E-state index is 0.234. The molecule has 0 saturated carbocycles. The molecule has 5 N–H and O–H groups in total. The van der Waals surface area contributed by atoms with Crippen molar-refractivity contribution in [2.45, 2.75) is 19.8 Å². The number of amides is 1.